The van der Waals surface area contributed by atoms with Crippen LogP contribution in [0.2, 0.25) is 0 Å². The monoisotopic (exact) mass is 318 g/mol. The van der Waals surface area contributed by atoms with Crippen molar-refractivity contribution in [1.29, 1.82) is 0 Å². The molecule has 0 amide bonds. The minimum atomic E-state index is -2.98. The van der Waals surface area contributed by atoms with Crippen molar-refractivity contribution in [2.75, 3.05) is 19.4 Å². The fraction of sp³-hybridized carbons (Fsp3) is 0.882. The smallest absolute Gasteiger partial charge is 0.309 e. The summed E-state index contributed by atoms with van der Waals surface area (Å²) in [5, 5.41) is 0. The van der Waals surface area contributed by atoms with Gasteiger partial charge in [0, 0.05) is 0 Å². The number of allylic oxidation sites excluding steroid dienone is 2. The average molecular weight is 318 g/mol. The zero-order valence-corrected chi connectivity index (χ0v) is 16.2. The molecule has 0 aliphatic rings. The highest BCUT2D eigenvalue weighted by atomic mass is 31.2. The van der Waals surface area contributed by atoms with Crippen LogP contribution in [0, 0.1) is 10.8 Å². The second kappa shape index (κ2) is 8.50. The summed E-state index contributed by atoms with van der Waals surface area (Å²) >= 11 is 0. The Morgan fingerprint density at radius 3 is 1.90 bits per heavy atom. The quantitative estimate of drug-likeness (QED) is 0.363. The predicted octanol–water partition coefficient (Wildman–Crippen LogP) is 6.05. The fourth-order valence-electron chi connectivity index (χ4n) is 2.52. The first-order chi connectivity index (χ1) is 9.52. The van der Waals surface area contributed by atoms with Crippen molar-refractivity contribution in [3.8, 4) is 0 Å². The van der Waals surface area contributed by atoms with Crippen LogP contribution in [0.15, 0.2) is 11.6 Å². The highest BCUT2D eigenvalue weighted by molar-refractivity contribution is 7.54. The van der Waals surface area contributed by atoms with Gasteiger partial charge in [0.05, 0.1) is 19.4 Å². The third kappa shape index (κ3) is 7.63. The predicted molar refractivity (Wildman–Crippen MR) is 92.0 cm³/mol. The molecule has 0 aromatic rings. The van der Waals surface area contributed by atoms with Gasteiger partial charge in [0.2, 0.25) is 0 Å². The Kier molecular flexibility index (Phi) is 8.46. The zero-order valence-electron chi connectivity index (χ0n) is 15.3. The third-order valence-corrected chi connectivity index (χ3v) is 6.15. The lowest BCUT2D eigenvalue weighted by Gasteiger charge is -2.35. The minimum absolute atomic E-state index is 0.0861. The third-order valence-electron chi connectivity index (χ3n) is 4.22. The van der Waals surface area contributed by atoms with E-state index in [1.165, 1.54) is 5.57 Å². The zero-order chi connectivity index (χ0) is 16.7. The molecule has 0 saturated heterocycles. The Balaban J connectivity index is 4.96. The van der Waals surface area contributed by atoms with Crippen LogP contribution >= 0.6 is 7.60 Å². The lowest BCUT2D eigenvalue weighted by Crippen LogP contribution is -2.23. The van der Waals surface area contributed by atoms with Crippen molar-refractivity contribution in [1.82, 2.24) is 0 Å². The number of hydrogen-bond donors (Lipinski definition) is 0. The average Bonchev–Trinajstić information content (AvgIpc) is 2.35. The Morgan fingerprint density at radius 1 is 1.05 bits per heavy atom. The fourth-order valence-corrected chi connectivity index (χ4v) is 4.09. The summed E-state index contributed by atoms with van der Waals surface area (Å²) in [6.45, 7) is 18.0. The maximum absolute atomic E-state index is 12.5. The summed E-state index contributed by atoms with van der Waals surface area (Å²) in [7, 11) is -2.98. The van der Waals surface area contributed by atoms with Gasteiger partial charge in [-0.3, -0.25) is 4.57 Å². The van der Waals surface area contributed by atoms with Crippen LogP contribution < -0.4 is 0 Å². The standard InChI is InChI=1S/C17H35O3P/c1-9-16(5,6)14-17(7,8)15(4)12-13-21(18,19-10-2)20-11-3/h12H,9-11,13-14H2,1-8H3. The Bertz CT molecular complexity index is 373. The normalized spacial score (nSPS) is 14.6. The molecule has 0 unspecified atom stereocenters. The molecule has 0 rings (SSSR count). The molecule has 0 aliphatic carbocycles. The van der Waals surface area contributed by atoms with E-state index >= 15 is 0 Å². The number of hydrogen-bond acceptors (Lipinski definition) is 3. The van der Waals surface area contributed by atoms with Crippen LogP contribution in [-0.4, -0.2) is 19.4 Å². The van der Waals surface area contributed by atoms with E-state index in [0.29, 0.717) is 24.8 Å². The largest absolute Gasteiger partial charge is 0.334 e. The van der Waals surface area contributed by atoms with E-state index in [2.05, 4.69) is 41.5 Å². The highest BCUT2D eigenvalue weighted by Crippen LogP contribution is 2.49. The van der Waals surface area contributed by atoms with Gasteiger partial charge in [-0.05, 0) is 38.0 Å². The van der Waals surface area contributed by atoms with E-state index in [1.54, 1.807) is 0 Å². The van der Waals surface area contributed by atoms with Crippen molar-refractivity contribution < 1.29 is 13.6 Å². The van der Waals surface area contributed by atoms with E-state index in [4.69, 9.17) is 9.05 Å². The summed E-state index contributed by atoms with van der Waals surface area (Å²) < 4.78 is 23.2. The van der Waals surface area contributed by atoms with E-state index in [9.17, 15) is 4.57 Å². The molecule has 0 atom stereocenters. The molecule has 3 nitrogen and oxygen atoms in total. The molecule has 0 fully saturated rings. The van der Waals surface area contributed by atoms with Crippen LogP contribution in [0.25, 0.3) is 0 Å². The van der Waals surface area contributed by atoms with Crippen LogP contribution in [0.3, 0.4) is 0 Å². The molecule has 0 spiro atoms. The van der Waals surface area contributed by atoms with Gasteiger partial charge >= 0.3 is 7.60 Å². The van der Waals surface area contributed by atoms with Gasteiger partial charge in [0.25, 0.3) is 0 Å². The van der Waals surface area contributed by atoms with Gasteiger partial charge in [0.15, 0.2) is 0 Å². The molecule has 0 aromatic heterocycles. The Morgan fingerprint density at radius 2 is 1.52 bits per heavy atom. The molecule has 0 heterocycles. The van der Waals surface area contributed by atoms with Crippen molar-refractivity contribution in [3.05, 3.63) is 11.6 Å². The molecular weight excluding hydrogens is 283 g/mol. The molecule has 0 radical (unpaired) electrons. The Hall–Kier alpha value is -0.110. The van der Waals surface area contributed by atoms with Gasteiger partial charge in [-0.1, -0.05) is 52.7 Å². The second-order valence-corrected chi connectivity index (χ2v) is 9.20. The van der Waals surface area contributed by atoms with Crippen molar-refractivity contribution in [2.24, 2.45) is 10.8 Å². The lowest BCUT2D eigenvalue weighted by molar-refractivity contribution is 0.217. The van der Waals surface area contributed by atoms with Crippen molar-refractivity contribution in [2.45, 2.75) is 68.2 Å². The van der Waals surface area contributed by atoms with Crippen LogP contribution in [0.4, 0.5) is 0 Å². The molecule has 0 aliphatic heterocycles. The molecule has 4 heteroatoms. The number of rotatable bonds is 10. The highest BCUT2D eigenvalue weighted by Gasteiger charge is 2.30. The maximum Gasteiger partial charge on any atom is 0.334 e. The van der Waals surface area contributed by atoms with Gasteiger partial charge in [-0.15, -0.1) is 0 Å². The maximum atomic E-state index is 12.5. The summed E-state index contributed by atoms with van der Waals surface area (Å²) in [5.74, 6) is 0. The Labute approximate surface area is 132 Å². The van der Waals surface area contributed by atoms with E-state index in [1.807, 2.05) is 19.9 Å². The summed E-state index contributed by atoms with van der Waals surface area (Å²) in [4.78, 5) is 0. The first-order valence-electron chi connectivity index (χ1n) is 8.07. The van der Waals surface area contributed by atoms with E-state index < -0.39 is 7.60 Å². The molecule has 0 N–H and O–H groups in total. The molecule has 0 aromatic carbocycles. The van der Waals surface area contributed by atoms with Gasteiger partial charge in [-0.2, -0.15) is 0 Å². The molecule has 0 bridgehead atoms. The topological polar surface area (TPSA) is 35.5 Å². The summed E-state index contributed by atoms with van der Waals surface area (Å²) in [6.07, 6.45) is 4.65. The second-order valence-electron chi connectivity index (χ2n) is 7.09. The van der Waals surface area contributed by atoms with Gasteiger partial charge in [0.1, 0.15) is 0 Å². The van der Waals surface area contributed by atoms with Crippen LogP contribution in [-0.2, 0) is 13.6 Å². The van der Waals surface area contributed by atoms with Crippen LogP contribution in [0.5, 0.6) is 0 Å². The summed E-state index contributed by atoms with van der Waals surface area (Å²) in [6, 6.07) is 0. The lowest BCUT2D eigenvalue weighted by atomic mass is 9.70. The molecule has 0 saturated carbocycles. The first-order valence-corrected chi connectivity index (χ1v) is 9.80. The molecule has 21 heavy (non-hydrogen) atoms. The van der Waals surface area contributed by atoms with Gasteiger partial charge in [-0.25, -0.2) is 0 Å². The van der Waals surface area contributed by atoms with Crippen LogP contribution in [0.1, 0.15) is 68.2 Å². The van der Waals surface area contributed by atoms with Gasteiger partial charge < -0.3 is 9.05 Å². The molecule has 126 valence electrons. The van der Waals surface area contributed by atoms with Crippen molar-refractivity contribution in [3.63, 3.8) is 0 Å². The SMILES string of the molecule is CCOP(=O)(CC=C(C)C(C)(C)CC(C)(C)CC)OCC. The first kappa shape index (κ1) is 20.9. The summed E-state index contributed by atoms with van der Waals surface area (Å²) in [5.41, 5.74) is 1.65. The van der Waals surface area contributed by atoms with E-state index in [-0.39, 0.29) is 5.41 Å². The van der Waals surface area contributed by atoms with E-state index in [0.717, 1.165) is 12.8 Å². The molecular formula is C17H35O3P. The van der Waals surface area contributed by atoms with Crippen molar-refractivity contribution >= 4 is 7.60 Å². The minimum Gasteiger partial charge on any atom is -0.309 e.